The summed E-state index contributed by atoms with van der Waals surface area (Å²) in [5.41, 5.74) is 1.45. The zero-order chi connectivity index (χ0) is 13.2. The highest BCUT2D eigenvalue weighted by atomic mass is 79.9. The number of nitrogens with zero attached hydrogens (tertiary/aromatic N) is 1. The van der Waals surface area contributed by atoms with Crippen LogP contribution >= 0.6 is 17.0 Å². The van der Waals surface area contributed by atoms with Gasteiger partial charge in [0, 0.05) is 6.04 Å². The molecule has 110 valence electrons. The van der Waals surface area contributed by atoms with E-state index in [1.54, 1.807) is 0 Å². The highest BCUT2D eigenvalue weighted by molar-refractivity contribution is 8.93. The first kappa shape index (κ1) is 18.7. The third kappa shape index (κ3) is 7.74. The van der Waals surface area contributed by atoms with Crippen LogP contribution < -0.4 is 0 Å². The van der Waals surface area contributed by atoms with E-state index in [1.807, 2.05) is 0 Å². The van der Waals surface area contributed by atoms with Gasteiger partial charge in [-0.3, -0.25) is 0 Å². The fourth-order valence-electron chi connectivity index (χ4n) is 2.52. The second kappa shape index (κ2) is 11.5. The maximum Gasteiger partial charge on any atom is 0.0342 e. The number of halogens is 1. The summed E-state index contributed by atoms with van der Waals surface area (Å²) >= 11 is 0. The van der Waals surface area contributed by atoms with Gasteiger partial charge in [0.05, 0.1) is 0 Å². The lowest BCUT2D eigenvalue weighted by atomic mass is 9.99. The Morgan fingerprint density at radius 1 is 0.895 bits per heavy atom. The van der Waals surface area contributed by atoms with Crippen molar-refractivity contribution in [1.29, 1.82) is 0 Å². The molecule has 1 aromatic rings. The Kier molecular flexibility index (Phi) is 11.3. The van der Waals surface area contributed by atoms with E-state index in [9.17, 15) is 0 Å². The van der Waals surface area contributed by atoms with Crippen molar-refractivity contribution in [2.24, 2.45) is 0 Å². The molecular weight excluding hydrogens is 298 g/mol. The van der Waals surface area contributed by atoms with Crippen LogP contribution in [0.3, 0.4) is 0 Å². The molecule has 0 bridgehead atoms. The van der Waals surface area contributed by atoms with Gasteiger partial charge in [0.15, 0.2) is 0 Å². The van der Waals surface area contributed by atoms with Crippen molar-refractivity contribution in [3.8, 4) is 0 Å². The van der Waals surface area contributed by atoms with Gasteiger partial charge in [0.2, 0.25) is 0 Å². The van der Waals surface area contributed by atoms with Crippen molar-refractivity contribution in [3.05, 3.63) is 35.9 Å². The van der Waals surface area contributed by atoms with Crippen LogP contribution in [0.5, 0.6) is 0 Å². The molecule has 0 fully saturated rings. The SMILES string of the molecule is Br.CCCCCCCCC(c1ccccc1)N(C)C. The highest BCUT2D eigenvalue weighted by Gasteiger charge is 2.12. The molecule has 0 aliphatic rings. The first-order valence-electron chi connectivity index (χ1n) is 7.47. The second-order valence-electron chi connectivity index (χ2n) is 5.45. The zero-order valence-corrected chi connectivity index (χ0v) is 14.5. The Morgan fingerprint density at radius 2 is 1.47 bits per heavy atom. The zero-order valence-electron chi connectivity index (χ0n) is 12.8. The van der Waals surface area contributed by atoms with E-state index in [2.05, 4.69) is 56.3 Å². The van der Waals surface area contributed by atoms with Gasteiger partial charge in [-0.25, -0.2) is 0 Å². The first-order chi connectivity index (χ1) is 8.75. The summed E-state index contributed by atoms with van der Waals surface area (Å²) < 4.78 is 0. The van der Waals surface area contributed by atoms with E-state index in [4.69, 9.17) is 0 Å². The minimum absolute atomic E-state index is 0. The number of hydrogen-bond acceptors (Lipinski definition) is 1. The van der Waals surface area contributed by atoms with Crippen LogP contribution in [0.15, 0.2) is 30.3 Å². The summed E-state index contributed by atoms with van der Waals surface area (Å²) in [6, 6.07) is 11.5. The first-order valence-corrected chi connectivity index (χ1v) is 7.47. The van der Waals surface area contributed by atoms with E-state index in [0.29, 0.717) is 6.04 Å². The normalized spacial score (nSPS) is 12.2. The molecule has 0 saturated carbocycles. The lowest BCUT2D eigenvalue weighted by molar-refractivity contribution is 0.276. The van der Waals surface area contributed by atoms with Crippen molar-refractivity contribution < 1.29 is 0 Å². The molecule has 0 aromatic heterocycles. The number of benzene rings is 1. The van der Waals surface area contributed by atoms with E-state index < -0.39 is 0 Å². The van der Waals surface area contributed by atoms with E-state index >= 15 is 0 Å². The van der Waals surface area contributed by atoms with Crippen LogP contribution in [0.2, 0.25) is 0 Å². The molecule has 0 heterocycles. The van der Waals surface area contributed by atoms with Crippen molar-refractivity contribution in [1.82, 2.24) is 4.90 Å². The van der Waals surface area contributed by atoms with Crippen LogP contribution in [0.4, 0.5) is 0 Å². The molecule has 1 aromatic carbocycles. The predicted molar refractivity (Wildman–Crippen MR) is 91.2 cm³/mol. The van der Waals surface area contributed by atoms with Gasteiger partial charge in [0.25, 0.3) is 0 Å². The largest absolute Gasteiger partial charge is 0.302 e. The van der Waals surface area contributed by atoms with Crippen molar-refractivity contribution in [3.63, 3.8) is 0 Å². The highest BCUT2D eigenvalue weighted by Crippen LogP contribution is 2.24. The molecule has 0 N–H and O–H groups in total. The molecule has 0 spiro atoms. The third-order valence-corrected chi connectivity index (χ3v) is 3.64. The summed E-state index contributed by atoms with van der Waals surface area (Å²) in [4.78, 5) is 2.35. The minimum atomic E-state index is 0. The van der Waals surface area contributed by atoms with Crippen molar-refractivity contribution in [2.45, 2.75) is 57.9 Å². The Balaban J connectivity index is 0.00000324. The number of hydrogen-bond donors (Lipinski definition) is 0. The van der Waals surface area contributed by atoms with Crippen LogP contribution in [-0.2, 0) is 0 Å². The van der Waals surface area contributed by atoms with E-state index in [0.717, 1.165) is 0 Å². The number of unbranched alkanes of at least 4 members (excludes halogenated alkanes) is 5. The van der Waals surface area contributed by atoms with Crippen LogP contribution in [0, 0.1) is 0 Å². The quantitative estimate of drug-likeness (QED) is 0.532. The molecule has 1 rings (SSSR count). The van der Waals surface area contributed by atoms with Gasteiger partial charge in [0.1, 0.15) is 0 Å². The minimum Gasteiger partial charge on any atom is -0.302 e. The second-order valence-corrected chi connectivity index (χ2v) is 5.45. The van der Waals surface area contributed by atoms with Crippen LogP contribution in [0.25, 0.3) is 0 Å². The van der Waals surface area contributed by atoms with E-state index in [-0.39, 0.29) is 17.0 Å². The van der Waals surface area contributed by atoms with Crippen LogP contribution in [-0.4, -0.2) is 19.0 Å². The summed E-state index contributed by atoms with van der Waals surface area (Å²) in [5, 5.41) is 0. The maximum atomic E-state index is 2.35. The summed E-state index contributed by atoms with van der Waals surface area (Å²) in [6.07, 6.45) is 9.57. The van der Waals surface area contributed by atoms with E-state index in [1.165, 1.54) is 50.5 Å². The maximum absolute atomic E-state index is 2.35. The molecule has 2 heteroatoms. The van der Waals surface area contributed by atoms with Crippen LogP contribution in [0.1, 0.15) is 63.5 Å². The molecule has 0 amide bonds. The average Bonchev–Trinajstić information content (AvgIpc) is 2.38. The van der Waals surface area contributed by atoms with Gasteiger partial charge in [-0.1, -0.05) is 75.8 Å². The third-order valence-electron chi connectivity index (χ3n) is 3.64. The summed E-state index contributed by atoms with van der Waals surface area (Å²) in [7, 11) is 4.38. The molecule has 0 saturated heterocycles. The predicted octanol–water partition coefficient (Wildman–Crippen LogP) is 5.62. The molecule has 0 aliphatic heterocycles. The Morgan fingerprint density at radius 3 is 2.05 bits per heavy atom. The summed E-state index contributed by atoms with van der Waals surface area (Å²) in [5.74, 6) is 0. The monoisotopic (exact) mass is 327 g/mol. The Hall–Kier alpha value is -0.340. The lowest BCUT2D eigenvalue weighted by Crippen LogP contribution is -2.19. The fourth-order valence-corrected chi connectivity index (χ4v) is 2.52. The molecule has 0 radical (unpaired) electrons. The van der Waals surface area contributed by atoms with Gasteiger partial charge in [-0.05, 0) is 26.1 Å². The van der Waals surface area contributed by atoms with Crippen molar-refractivity contribution >= 4 is 17.0 Å². The molecular formula is C17H30BrN. The van der Waals surface area contributed by atoms with Gasteiger partial charge in [-0.2, -0.15) is 0 Å². The average molecular weight is 328 g/mol. The van der Waals surface area contributed by atoms with Gasteiger partial charge < -0.3 is 4.90 Å². The topological polar surface area (TPSA) is 3.24 Å². The molecule has 1 nitrogen and oxygen atoms in total. The molecule has 1 unspecified atom stereocenters. The smallest absolute Gasteiger partial charge is 0.0342 e. The standard InChI is InChI=1S/C17H29N.BrH/c1-4-5-6-7-8-12-15-17(18(2)3)16-13-10-9-11-14-16;/h9-11,13-14,17H,4-8,12,15H2,1-3H3;1H. The fraction of sp³-hybridized carbons (Fsp3) is 0.647. The molecule has 0 aliphatic carbocycles. The Bertz CT molecular complexity index is 297. The van der Waals surface area contributed by atoms with Gasteiger partial charge >= 0.3 is 0 Å². The summed E-state index contributed by atoms with van der Waals surface area (Å²) in [6.45, 7) is 2.28. The lowest BCUT2D eigenvalue weighted by Gasteiger charge is -2.24. The van der Waals surface area contributed by atoms with Crippen molar-refractivity contribution in [2.75, 3.05) is 14.1 Å². The molecule has 19 heavy (non-hydrogen) atoms. The van der Waals surface area contributed by atoms with Gasteiger partial charge in [-0.15, -0.1) is 17.0 Å². The molecule has 1 atom stereocenters. The number of rotatable bonds is 9. The Labute approximate surface area is 130 Å².